The third-order valence-corrected chi connectivity index (χ3v) is 2.38. The summed E-state index contributed by atoms with van der Waals surface area (Å²) in [4.78, 5) is 9.71. The molecular formula is C8H8N2S. The molecule has 0 amide bonds. The van der Waals surface area contributed by atoms with Gasteiger partial charge in [0.2, 0.25) is 0 Å². The van der Waals surface area contributed by atoms with Gasteiger partial charge in [0.1, 0.15) is 10.3 Å². The molecule has 11 heavy (non-hydrogen) atoms. The quantitative estimate of drug-likeness (QED) is 0.597. The van der Waals surface area contributed by atoms with E-state index >= 15 is 0 Å². The molecule has 0 aliphatic heterocycles. The van der Waals surface area contributed by atoms with Gasteiger partial charge in [-0.15, -0.1) is 0 Å². The van der Waals surface area contributed by atoms with Gasteiger partial charge in [-0.1, -0.05) is 11.3 Å². The van der Waals surface area contributed by atoms with E-state index in [-0.39, 0.29) is 0 Å². The normalized spacial score (nSPS) is 10.7. The first kappa shape index (κ1) is 6.73. The number of nitrogens with zero attached hydrogens (tertiary/aromatic N) is 2. The lowest BCUT2D eigenvalue weighted by Gasteiger charge is -1.87. The zero-order valence-corrected chi connectivity index (χ0v) is 7.27. The van der Waals surface area contributed by atoms with E-state index in [1.165, 1.54) is 0 Å². The van der Waals surface area contributed by atoms with Crippen molar-refractivity contribution in [1.82, 2.24) is 9.97 Å². The van der Waals surface area contributed by atoms with Crippen LogP contribution in [0.15, 0.2) is 12.1 Å². The molecule has 2 aromatic rings. The molecule has 2 rings (SSSR count). The molecule has 2 aromatic heterocycles. The number of hydrogen-bond acceptors (Lipinski definition) is 3. The van der Waals surface area contributed by atoms with E-state index in [1.807, 2.05) is 26.0 Å². The van der Waals surface area contributed by atoms with Gasteiger partial charge in [-0.05, 0) is 26.0 Å². The molecule has 0 atom stereocenters. The summed E-state index contributed by atoms with van der Waals surface area (Å²) in [5.41, 5.74) is 2.07. The second-order valence-electron chi connectivity index (χ2n) is 2.51. The van der Waals surface area contributed by atoms with E-state index in [4.69, 9.17) is 0 Å². The maximum atomic E-state index is 4.35. The molecule has 0 unspecified atom stereocenters. The van der Waals surface area contributed by atoms with Gasteiger partial charge in [-0.25, -0.2) is 9.97 Å². The van der Waals surface area contributed by atoms with Crippen molar-refractivity contribution in [3.05, 3.63) is 22.8 Å². The first-order chi connectivity index (χ1) is 5.25. The van der Waals surface area contributed by atoms with Gasteiger partial charge in [0.05, 0.1) is 5.01 Å². The topological polar surface area (TPSA) is 25.8 Å². The molecule has 3 heteroatoms. The molecule has 0 aliphatic carbocycles. The lowest BCUT2D eigenvalue weighted by molar-refractivity contribution is 1.26. The van der Waals surface area contributed by atoms with Gasteiger partial charge in [-0.2, -0.15) is 0 Å². The van der Waals surface area contributed by atoms with Crippen LogP contribution in [0, 0.1) is 13.8 Å². The van der Waals surface area contributed by atoms with E-state index in [0.29, 0.717) is 0 Å². The number of rotatable bonds is 0. The maximum absolute atomic E-state index is 4.35. The Balaban J connectivity index is 2.82. The number of aryl methyl sites for hydroxylation is 2. The van der Waals surface area contributed by atoms with Crippen molar-refractivity contribution in [2.75, 3.05) is 0 Å². The van der Waals surface area contributed by atoms with Crippen LogP contribution in [0.5, 0.6) is 0 Å². The summed E-state index contributed by atoms with van der Waals surface area (Å²) in [6.07, 6.45) is 0. The highest BCUT2D eigenvalue weighted by molar-refractivity contribution is 7.18. The second-order valence-corrected chi connectivity index (χ2v) is 3.69. The van der Waals surface area contributed by atoms with Gasteiger partial charge >= 0.3 is 0 Å². The van der Waals surface area contributed by atoms with Gasteiger partial charge in [0.15, 0.2) is 0 Å². The van der Waals surface area contributed by atoms with Crippen LogP contribution in [-0.2, 0) is 0 Å². The van der Waals surface area contributed by atoms with Crippen molar-refractivity contribution < 1.29 is 0 Å². The van der Waals surface area contributed by atoms with Gasteiger partial charge in [0.25, 0.3) is 0 Å². The molecule has 0 aromatic carbocycles. The summed E-state index contributed by atoms with van der Waals surface area (Å²) in [7, 11) is 0. The van der Waals surface area contributed by atoms with Crippen LogP contribution in [0.1, 0.15) is 10.7 Å². The third kappa shape index (κ3) is 1.12. The molecule has 0 radical (unpaired) electrons. The molecule has 0 bridgehead atoms. The van der Waals surface area contributed by atoms with Gasteiger partial charge < -0.3 is 0 Å². The predicted octanol–water partition coefficient (Wildman–Crippen LogP) is 2.31. The fourth-order valence-electron chi connectivity index (χ4n) is 1.02. The summed E-state index contributed by atoms with van der Waals surface area (Å²) in [5, 5.41) is 1.08. The monoisotopic (exact) mass is 164 g/mol. The predicted molar refractivity (Wildman–Crippen MR) is 46.9 cm³/mol. The van der Waals surface area contributed by atoms with Crippen LogP contribution in [-0.4, -0.2) is 9.97 Å². The molecule has 0 aliphatic rings. The van der Waals surface area contributed by atoms with Crippen molar-refractivity contribution >= 4 is 21.7 Å². The molecule has 0 fully saturated rings. The highest BCUT2D eigenvalue weighted by Crippen LogP contribution is 2.18. The van der Waals surface area contributed by atoms with Crippen molar-refractivity contribution in [2.24, 2.45) is 0 Å². The van der Waals surface area contributed by atoms with Gasteiger partial charge in [0, 0.05) is 5.69 Å². The SMILES string of the molecule is Cc1ccc2nc(C)sc2n1. The first-order valence-corrected chi connectivity index (χ1v) is 4.28. The molecule has 0 saturated carbocycles. The van der Waals surface area contributed by atoms with Crippen LogP contribution in [0.2, 0.25) is 0 Å². The largest absolute Gasteiger partial charge is 0.241 e. The highest BCUT2D eigenvalue weighted by Gasteiger charge is 1.99. The van der Waals surface area contributed by atoms with Crippen LogP contribution >= 0.6 is 11.3 Å². The summed E-state index contributed by atoms with van der Waals surface area (Å²) in [6.45, 7) is 4.00. The summed E-state index contributed by atoms with van der Waals surface area (Å²) < 4.78 is 0. The Labute approximate surface area is 68.9 Å². The number of aromatic nitrogens is 2. The zero-order chi connectivity index (χ0) is 7.84. The first-order valence-electron chi connectivity index (χ1n) is 3.46. The summed E-state index contributed by atoms with van der Waals surface area (Å²) >= 11 is 1.64. The minimum absolute atomic E-state index is 1.01. The van der Waals surface area contributed by atoms with Crippen LogP contribution in [0.3, 0.4) is 0 Å². The van der Waals surface area contributed by atoms with E-state index in [9.17, 15) is 0 Å². The Hall–Kier alpha value is -0.960. The fourth-order valence-corrected chi connectivity index (χ4v) is 1.85. The number of thiazole rings is 1. The lowest BCUT2D eigenvalue weighted by Crippen LogP contribution is -1.77. The van der Waals surface area contributed by atoms with Crippen LogP contribution < -0.4 is 0 Å². The molecule has 2 heterocycles. The Kier molecular flexibility index (Phi) is 1.39. The molecule has 0 saturated heterocycles. The van der Waals surface area contributed by atoms with E-state index in [2.05, 4.69) is 9.97 Å². The van der Waals surface area contributed by atoms with E-state index in [0.717, 1.165) is 21.0 Å². The fraction of sp³-hybridized carbons (Fsp3) is 0.250. The third-order valence-electron chi connectivity index (χ3n) is 1.50. The minimum Gasteiger partial charge on any atom is -0.241 e. The molecule has 2 nitrogen and oxygen atoms in total. The highest BCUT2D eigenvalue weighted by atomic mass is 32.1. The van der Waals surface area contributed by atoms with Crippen molar-refractivity contribution in [3.63, 3.8) is 0 Å². The Morgan fingerprint density at radius 3 is 2.82 bits per heavy atom. The van der Waals surface area contributed by atoms with E-state index < -0.39 is 0 Å². The molecule has 0 N–H and O–H groups in total. The van der Waals surface area contributed by atoms with Crippen molar-refractivity contribution in [3.8, 4) is 0 Å². The Bertz CT molecular complexity index is 392. The number of hydrogen-bond donors (Lipinski definition) is 0. The van der Waals surface area contributed by atoms with Gasteiger partial charge in [-0.3, -0.25) is 0 Å². The Morgan fingerprint density at radius 2 is 2.00 bits per heavy atom. The van der Waals surface area contributed by atoms with Crippen molar-refractivity contribution in [1.29, 1.82) is 0 Å². The number of fused-ring (bicyclic) bond motifs is 1. The standard InChI is InChI=1S/C8H8N2S/c1-5-3-4-7-8(9-5)11-6(2)10-7/h3-4H,1-2H3. The molecule has 0 spiro atoms. The van der Waals surface area contributed by atoms with E-state index in [1.54, 1.807) is 11.3 Å². The lowest BCUT2D eigenvalue weighted by atomic mass is 10.4. The summed E-state index contributed by atoms with van der Waals surface area (Å²) in [5.74, 6) is 0. The molecule has 56 valence electrons. The molecular weight excluding hydrogens is 156 g/mol. The average molecular weight is 164 g/mol. The minimum atomic E-state index is 1.01. The smallest absolute Gasteiger partial charge is 0.143 e. The second kappa shape index (κ2) is 2.27. The summed E-state index contributed by atoms with van der Waals surface area (Å²) in [6, 6.07) is 4.00. The maximum Gasteiger partial charge on any atom is 0.143 e. The van der Waals surface area contributed by atoms with Crippen LogP contribution in [0.4, 0.5) is 0 Å². The van der Waals surface area contributed by atoms with Crippen LogP contribution in [0.25, 0.3) is 10.3 Å². The Morgan fingerprint density at radius 1 is 1.18 bits per heavy atom. The number of pyridine rings is 1. The zero-order valence-electron chi connectivity index (χ0n) is 6.46. The van der Waals surface area contributed by atoms with Crippen molar-refractivity contribution in [2.45, 2.75) is 13.8 Å². The average Bonchev–Trinajstić information content (AvgIpc) is 2.27.